The Morgan fingerprint density at radius 1 is 0.833 bits per heavy atom. The third kappa shape index (κ3) is 5.71. The van der Waals surface area contributed by atoms with E-state index in [1.54, 1.807) is 31.2 Å². The van der Waals surface area contributed by atoms with Crippen LogP contribution in [0.2, 0.25) is 5.02 Å². The smallest absolute Gasteiger partial charge is 0.253 e. The first-order chi connectivity index (χ1) is 14.6. The predicted molar refractivity (Wildman–Crippen MR) is 121 cm³/mol. The Kier molecular flexibility index (Phi) is 7.63. The van der Waals surface area contributed by atoms with E-state index in [9.17, 15) is 9.59 Å². The second-order valence-electron chi connectivity index (χ2n) is 7.13. The minimum absolute atomic E-state index is 0.181. The monoisotopic (exact) mass is 420 g/mol. The molecule has 0 radical (unpaired) electrons. The molecule has 2 amide bonds. The van der Waals surface area contributed by atoms with E-state index in [1.807, 2.05) is 36.4 Å². The first-order valence-corrected chi connectivity index (χ1v) is 10.4. The second-order valence-corrected chi connectivity index (χ2v) is 7.54. The van der Waals surface area contributed by atoms with E-state index >= 15 is 0 Å². The van der Waals surface area contributed by atoms with Crippen LogP contribution in [0.5, 0.6) is 0 Å². The molecular weight excluding hydrogens is 396 g/mol. The van der Waals surface area contributed by atoms with Crippen molar-refractivity contribution in [2.75, 3.05) is 6.54 Å². The van der Waals surface area contributed by atoms with Gasteiger partial charge in [-0.2, -0.15) is 0 Å². The van der Waals surface area contributed by atoms with Gasteiger partial charge in [-0.1, -0.05) is 84.4 Å². The Balaban J connectivity index is 1.57. The van der Waals surface area contributed by atoms with Crippen molar-refractivity contribution in [2.45, 2.75) is 25.3 Å². The highest BCUT2D eigenvalue weighted by Gasteiger charge is 2.19. The summed E-state index contributed by atoms with van der Waals surface area (Å²) in [5.74, 6) is -0.411. The van der Waals surface area contributed by atoms with Crippen LogP contribution in [0.1, 0.15) is 40.7 Å². The third-order valence-corrected chi connectivity index (χ3v) is 5.33. The average Bonchev–Trinajstić information content (AvgIpc) is 2.78. The molecular formula is C25H25ClN2O2. The van der Waals surface area contributed by atoms with Gasteiger partial charge in [0, 0.05) is 12.5 Å². The van der Waals surface area contributed by atoms with E-state index in [0.29, 0.717) is 17.1 Å². The Labute approximate surface area is 182 Å². The molecule has 0 spiro atoms. The molecule has 0 aliphatic rings. The molecule has 4 nitrogen and oxygen atoms in total. The summed E-state index contributed by atoms with van der Waals surface area (Å²) in [6, 6.07) is 26.6. The van der Waals surface area contributed by atoms with Crippen LogP contribution in [0.3, 0.4) is 0 Å². The Morgan fingerprint density at radius 2 is 1.37 bits per heavy atom. The lowest BCUT2D eigenvalue weighted by Gasteiger charge is -2.20. The van der Waals surface area contributed by atoms with Crippen molar-refractivity contribution < 1.29 is 9.59 Å². The van der Waals surface area contributed by atoms with Gasteiger partial charge in [-0.15, -0.1) is 0 Å². The summed E-state index contributed by atoms with van der Waals surface area (Å²) < 4.78 is 0. The molecule has 154 valence electrons. The zero-order chi connectivity index (χ0) is 21.3. The Hall–Kier alpha value is -3.11. The maximum atomic E-state index is 12.5. The van der Waals surface area contributed by atoms with Gasteiger partial charge in [-0.3, -0.25) is 9.59 Å². The van der Waals surface area contributed by atoms with Gasteiger partial charge < -0.3 is 10.6 Å². The fraction of sp³-hybridized carbons (Fsp3) is 0.200. The van der Waals surface area contributed by atoms with E-state index in [4.69, 9.17) is 11.6 Å². The number of carbonyl (C=O) groups excluding carboxylic acids is 2. The lowest BCUT2D eigenvalue weighted by molar-refractivity contribution is -0.122. The molecule has 3 aromatic carbocycles. The summed E-state index contributed by atoms with van der Waals surface area (Å²) in [5, 5.41) is 6.00. The zero-order valence-electron chi connectivity index (χ0n) is 16.8. The predicted octanol–water partition coefficient (Wildman–Crippen LogP) is 4.80. The largest absolute Gasteiger partial charge is 0.354 e. The number of nitrogens with one attached hydrogen (secondary N) is 2. The topological polar surface area (TPSA) is 58.2 Å². The molecule has 0 aromatic heterocycles. The summed E-state index contributed by atoms with van der Waals surface area (Å²) in [4.78, 5) is 24.8. The minimum Gasteiger partial charge on any atom is -0.354 e. The van der Waals surface area contributed by atoms with Crippen molar-refractivity contribution in [2.24, 2.45) is 0 Å². The number of carbonyl (C=O) groups is 2. The standard InChI is InChI=1S/C25H25ClN2O2/c1-18(28-25(30)22-14-8-9-15-23(22)26)24(29)27-17-16-21(19-10-4-2-5-11-19)20-12-6-3-7-13-20/h2-15,18,21H,16-17H2,1H3,(H,27,29)(H,28,30). The normalized spacial score (nSPS) is 11.7. The number of halogens is 1. The molecule has 1 unspecified atom stereocenters. The van der Waals surface area contributed by atoms with Crippen molar-refractivity contribution in [3.63, 3.8) is 0 Å². The maximum absolute atomic E-state index is 12.5. The van der Waals surface area contributed by atoms with E-state index in [0.717, 1.165) is 6.42 Å². The first kappa shape index (κ1) is 21.6. The summed E-state index contributed by atoms with van der Waals surface area (Å²) in [6.07, 6.45) is 0.755. The minimum atomic E-state index is -0.666. The zero-order valence-corrected chi connectivity index (χ0v) is 17.6. The van der Waals surface area contributed by atoms with Crippen LogP contribution in [0.4, 0.5) is 0 Å². The molecule has 0 fully saturated rings. The van der Waals surface area contributed by atoms with Crippen molar-refractivity contribution >= 4 is 23.4 Å². The van der Waals surface area contributed by atoms with Crippen molar-refractivity contribution in [1.82, 2.24) is 10.6 Å². The summed E-state index contributed by atoms with van der Waals surface area (Å²) in [7, 11) is 0. The van der Waals surface area contributed by atoms with Gasteiger partial charge >= 0.3 is 0 Å². The molecule has 3 aromatic rings. The number of hydrogen-bond acceptors (Lipinski definition) is 2. The van der Waals surface area contributed by atoms with Crippen molar-refractivity contribution in [1.29, 1.82) is 0 Å². The van der Waals surface area contributed by atoms with Gasteiger partial charge in [0.05, 0.1) is 10.6 Å². The van der Waals surface area contributed by atoms with Crippen molar-refractivity contribution in [3.8, 4) is 0 Å². The second kappa shape index (κ2) is 10.6. The van der Waals surface area contributed by atoms with E-state index in [2.05, 4.69) is 34.9 Å². The molecule has 30 heavy (non-hydrogen) atoms. The number of benzene rings is 3. The highest BCUT2D eigenvalue weighted by molar-refractivity contribution is 6.33. The highest BCUT2D eigenvalue weighted by Crippen LogP contribution is 2.27. The Bertz CT molecular complexity index is 937. The molecule has 0 aliphatic carbocycles. The molecule has 5 heteroatoms. The van der Waals surface area contributed by atoms with Crippen LogP contribution >= 0.6 is 11.6 Å². The van der Waals surface area contributed by atoms with Gasteiger partial charge in [0.15, 0.2) is 0 Å². The molecule has 2 N–H and O–H groups in total. The molecule has 0 heterocycles. The maximum Gasteiger partial charge on any atom is 0.253 e. The van der Waals surface area contributed by atoms with Gasteiger partial charge in [-0.25, -0.2) is 0 Å². The van der Waals surface area contributed by atoms with Gasteiger partial charge in [0.1, 0.15) is 6.04 Å². The highest BCUT2D eigenvalue weighted by atomic mass is 35.5. The molecule has 0 saturated heterocycles. The number of amides is 2. The van der Waals surface area contributed by atoms with E-state index in [1.165, 1.54) is 11.1 Å². The molecule has 0 saturated carbocycles. The van der Waals surface area contributed by atoms with Crippen molar-refractivity contribution in [3.05, 3.63) is 107 Å². The molecule has 0 bridgehead atoms. The third-order valence-electron chi connectivity index (χ3n) is 5.00. The summed E-state index contributed by atoms with van der Waals surface area (Å²) in [5.41, 5.74) is 2.77. The van der Waals surface area contributed by atoms with E-state index in [-0.39, 0.29) is 17.7 Å². The quantitative estimate of drug-likeness (QED) is 0.550. The lowest BCUT2D eigenvalue weighted by Crippen LogP contribution is -2.45. The summed E-state index contributed by atoms with van der Waals surface area (Å²) in [6.45, 7) is 2.16. The van der Waals surface area contributed by atoms with Crippen LogP contribution in [-0.2, 0) is 4.79 Å². The molecule has 3 rings (SSSR count). The summed E-state index contributed by atoms with van der Waals surface area (Å²) >= 11 is 6.06. The van der Waals surface area contributed by atoms with E-state index < -0.39 is 6.04 Å². The van der Waals surface area contributed by atoms with Crippen LogP contribution in [0, 0.1) is 0 Å². The average molecular weight is 421 g/mol. The fourth-order valence-corrected chi connectivity index (χ4v) is 3.60. The van der Waals surface area contributed by atoms with Gasteiger partial charge in [-0.05, 0) is 36.6 Å². The molecule has 0 aliphatic heterocycles. The van der Waals surface area contributed by atoms with Crippen LogP contribution in [0.15, 0.2) is 84.9 Å². The number of rotatable bonds is 8. The fourth-order valence-electron chi connectivity index (χ4n) is 3.37. The Morgan fingerprint density at radius 3 is 1.93 bits per heavy atom. The number of hydrogen-bond donors (Lipinski definition) is 2. The molecule has 1 atom stereocenters. The van der Waals surface area contributed by atoms with Gasteiger partial charge in [0.25, 0.3) is 5.91 Å². The first-order valence-electron chi connectivity index (χ1n) is 9.99. The van der Waals surface area contributed by atoms with Crippen LogP contribution in [0.25, 0.3) is 0 Å². The van der Waals surface area contributed by atoms with Crippen LogP contribution < -0.4 is 10.6 Å². The van der Waals surface area contributed by atoms with Gasteiger partial charge in [0.2, 0.25) is 5.91 Å². The lowest BCUT2D eigenvalue weighted by atomic mass is 9.88. The SMILES string of the molecule is CC(NC(=O)c1ccccc1Cl)C(=O)NCCC(c1ccccc1)c1ccccc1. The van der Waals surface area contributed by atoms with Crippen LogP contribution in [-0.4, -0.2) is 24.4 Å².